The van der Waals surface area contributed by atoms with Crippen molar-refractivity contribution in [1.82, 2.24) is 5.32 Å². The predicted octanol–water partition coefficient (Wildman–Crippen LogP) is 4.79. The largest absolute Gasteiger partial charge is 0.467 e. The van der Waals surface area contributed by atoms with Crippen molar-refractivity contribution < 1.29 is 28.2 Å². The molecule has 0 aliphatic rings. The van der Waals surface area contributed by atoms with E-state index in [1.54, 1.807) is 52.0 Å². The smallest absolute Gasteiger partial charge is 0.328 e. The molecule has 0 bridgehead atoms. The number of rotatable bonds is 9. The Kier molecular flexibility index (Phi) is 9.69. The van der Waals surface area contributed by atoms with E-state index in [0.29, 0.717) is 17.1 Å². The first-order chi connectivity index (χ1) is 16.5. The van der Waals surface area contributed by atoms with Gasteiger partial charge in [-0.2, -0.15) is 0 Å². The Morgan fingerprint density at radius 2 is 1.66 bits per heavy atom. The molecule has 0 aliphatic heterocycles. The second-order valence-corrected chi connectivity index (χ2v) is 8.44. The molecule has 0 heterocycles. The summed E-state index contributed by atoms with van der Waals surface area (Å²) in [7, 11) is 1.28. The van der Waals surface area contributed by atoms with Crippen LogP contribution in [-0.4, -0.2) is 43.2 Å². The highest BCUT2D eigenvalue weighted by Crippen LogP contribution is 2.22. The van der Waals surface area contributed by atoms with Crippen LogP contribution in [0.3, 0.4) is 0 Å². The fourth-order valence-corrected chi connectivity index (χ4v) is 2.77. The Hall–Kier alpha value is -4.01. The topological polar surface area (TPSA) is 98.6 Å². The Balaban J connectivity index is 2.26. The van der Waals surface area contributed by atoms with Gasteiger partial charge >= 0.3 is 11.9 Å². The van der Waals surface area contributed by atoms with Gasteiger partial charge in [-0.15, -0.1) is 0 Å². The van der Waals surface area contributed by atoms with Gasteiger partial charge in [0.05, 0.1) is 13.5 Å². The molecule has 0 aromatic heterocycles. The second-order valence-electron chi connectivity index (χ2n) is 8.44. The van der Waals surface area contributed by atoms with Crippen molar-refractivity contribution in [3.05, 3.63) is 71.8 Å². The molecule has 0 amide bonds. The highest BCUT2D eigenvalue weighted by Gasteiger charge is 2.17. The van der Waals surface area contributed by atoms with E-state index in [1.807, 2.05) is 0 Å². The van der Waals surface area contributed by atoms with Crippen LogP contribution in [0.5, 0.6) is 11.5 Å². The molecule has 2 rings (SSSR count). The number of methoxy groups -OCH3 is 1. The fraction of sp³-hybridized carbons (Fsp3) is 0.308. The molecule has 1 atom stereocenters. The zero-order chi connectivity index (χ0) is 26.0. The molecule has 0 aliphatic carbocycles. The zero-order valence-corrected chi connectivity index (χ0v) is 20.5. The fourth-order valence-electron chi connectivity index (χ4n) is 2.77. The first kappa shape index (κ1) is 27.2. The van der Waals surface area contributed by atoms with Crippen LogP contribution < -0.4 is 10.1 Å². The second kappa shape index (κ2) is 12.5. The van der Waals surface area contributed by atoms with Gasteiger partial charge in [-0.3, -0.25) is 4.79 Å². The predicted molar refractivity (Wildman–Crippen MR) is 132 cm³/mol. The minimum atomic E-state index is -0.730. The molecule has 0 saturated carbocycles. The van der Waals surface area contributed by atoms with Gasteiger partial charge in [-0.25, -0.2) is 19.2 Å². The van der Waals surface area contributed by atoms with Crippen LogP contribution in [0.25, 0.3) is 0 Å². The molecule has 0 saturated heterocycles. The number of esters is 2. The van der Waals surface area contributed by atoms with Crippen molar-refractivity contribution in [1.29, 1.82) is 0 Å². The number of ether oxygens (including phenoxy) is 3. The van der Waals surface area contributed by atoms with Crippen LogP contribution in [0.4, 0.5) is 4.39 Å². The summed E-state index contributed by atoms with van der Waals surface area (Å²) in [6, 6.07) is 11.8. The molecule has 0 radical (unpaired) electrons. The lowest BCUT2D eigenvalue weighted by molar-refractivity contribution is -0.153. The Labute approximate surface area is 204 Å². The van der Waals surface area contributed by atoms with E-state index in [9.17, 15) is 14.0 Å². The molecule has 2 aromatic carbocycles. The summed E-state index contributed by atoms with van der Waals surface area (Å²) in [5, 5.41) is 2.92. The molecule has 1 N–H and O–H groups in total. The number of aliphatic imine (C=N–C) groups is 2. The number of hydrogen-bond donors (Lipinski definition) is 1. The highest BCUT2D eigenvalue weighted by atomic mass is 19.1. The summed E-state index contributed by atoms with van der Waals surface area (Å²) >= 11 is 0. The van der Waals surface area contributed by atoms with Crippen LogP contribution in [-0.2, 0) is 19.1 Å². The van der Waals surface area contributed by atoms with Crippen LogP contribution in [0.1, 0.15) is 39.7 Å². The SMILES string of the molecule is C=NC(=N/C(=C\CC(=O)OC(C)(C)C)N[C@@H](C)C(=O)OC)c1ccc(Oc2ccc(F)cc2)cc1. The van der Waals surface area contributed by atoms with Crippen molar-refractivity contribution in [3.8, 4) is 11.5 Å². The molecule has 9 heteroatoms. The number of carbonyl (C=O) groups excluding carboxylic acids is 2. The highest BCUT2D eigenvalue weighted by molar-refractivity contribution is 6.02. The van der Waals surface area contributed by atoms with Crippen molar-refractivity contribution in [2.75, 3.05) is 7.11 Å². The number of halogens is 1. The quantitative estimate of drug-likeness (QED) is 0.313. The van der Waals surface area contributed by atoms with Crippen molar-refractivity contribution in [2.45, 2.75) is 45.8 Å². The molecule has 0 spiro atoms. The normalized spacial score (nSPS) is 13.0. The van der Waals surface area contributed by atoms with Crippen LogP contribution in [0, 0.1) is 5.82 Å². The molecular weight excluding hydrogens is 453 g/mol. The lowest BCUT2D eigenvalue weighted by Gasteiger charge is -2.19. The lowest BCUT2D eigenvalue weighted by atomic mass is 10.2. The first-order valence-electron chi connectivity index (χ1n) is 10.9. The summed E-state index contributed by atoms with van der Waals surface area (Å²) in [5.74, 6) is 0.189. The molecule has 186 valence electrons. The van der Waals surface area contributed by atoms with Gasteiger partial charge in [0.25, 0.3) is 0 Å². The number of amidine groups is 1. The summed E-state index contributed by atoms with van der Waals surface area (Å²) < 4.78 is 28.9. The van der Waals surface area contributed by atoms with Crippen LogP contribution >= 0.6 is 0 Å². The average molecular weight is 484 g/mol. The van der Waals surface area contributed by atoms with E-state index in [-0.39, 0.29) is 23.9 Å². The average Bonchev–Trinajstić information content (AvgIpc) is 2.81. The first-order valence-corrected chi connectivity index (χ1v) is 10.9. The minimum Gasteiger partial charge on any atom is -0.467 e. The van der Waals surface area contributed by atoms with Gasteiger partial charge in [0.2, 0.25) is 0 Å². The van der Waals surface area contributed by atoms with Gasteiger partial charge in [0.15, 0.2) is 5.84 Å². The van der Waals surface area contributed by atoms with Gasteiger partial charge in [-0.05, 0) is 89.0 Å². The summed E-state index contributed by atoms with van der Waals surface area (Å²) in [5.41, 5.74) is -0.0192. The maximum atomic E-state index is 13.1. The number of hydrogen-bond acceptors (Lipinski definition) is 7. The van der Waals surface area contributed by atoms with Crippen LogP contribution in [0.2, 0.25) is 0 Å². The van der Waals surface area contributed by atoms with Crippen LogP contribution in [0.15, 0.2) is 70.4 Å². The monoisotopic (exact) mass is 483 g/mol. The number of nitrogens with zero attached hydrogens (tertiary/aromatic N) is 2. The number of nitrogens with one attached hydrogen (secondary N) is 1. The van der Waals surface area contributed by atoms with Gasteiger partial charge < -0.3 is 19.5 Å². The Morgan fingerprint density at radius 3 is 2.17 bits per heavy atom. The molecule has 8 nitrogen and oxygen atoms in total. The van der Waals surface area contributed by atoms with Gasteiger partial charge in [0, 0.05) is 5.56 Å². The summed E-state index contributed by atoms with van der Waals surface area (Å²) in [4.78, 5) is 32.5. The van der Waals surface area contributed by atoms with E-state index < -0.39 is 23.6 Å². The van der Waals surface area contributed by atoms with Gasteiger partial charge in [-0.1, -0.05) is 0 Å². The molecule has 2 aromatic rings. The minimum absolute atomic E-state index is 0.0775. The van der Waals surface area contributed by atoms with E-state index in [2.05, 4.69) is 22.0 Å². The molecule has 35 heavy (non-hydrogen) atoms. The van der Waals surface area contributed by atoms with E-state index in [1.165, 1.54) is 37.5 Å². The summed E-state index contributed by atoms with van der Waals surface area (Å²) in [6.45, 7) is 10.5. The van der Waals surface area contributed by atoms with Crippen molar-refractivity contribution >= 4 is 24.5 Å². The van der Waals surface area contributed by atoms with E-state index in [4.69, 9.17) is 14.2 Å². The third-order valence-electron chi connectivity index (χ3n) is 4.34. The number of carbonyl (C=O) groups is 2. The maximum absolute atomic E-state index is 13.1. The third-order valence-corrected chi connectivity index (χ3v) is 4.34. The van der Waals surface area contributed by atoms with E-state index >= 15 is 0 Å². The van der Waals surface area contributed by atoms with Crippen molar-refractivity contribution in [2.24, 2.45) is 9.98 Å². The summed E-state index contributed by atoms with van der Waals surface area (Å²) in [6.07, 6.45) is 1.43. The number of benzene rings is 2. The maximum Gasteiger partial charge on any atom is 0.328 e. The third kappa shape index (κ3) is 9.40. The lowest BCUT2D eigenvalue weighted by Crippen LogP contribution is -2.34. The molecule has 0 unspecified atom stereocenters. The van der Waals surface area contributed by atoms with Gasteiger partial charge in [0.1, 0.15) is 34.8 Å². The molecule has 0 fully saturated rings. The van der Waals surface area contributed by atoms with Crippen molar-refractivity contribution in [3.63, 3.8) is 0 Å². The Bertz CT molecular complexity index is 1090. The Morgan fingerprint density at radius 1 is 1.09 bits per heavy atom. The molecular formula is C26H30FN3O5. The zero-order valence-electron chi connectivity index (χ0n) is 20.5. The standard InChI is InChI=1S/C26H30FN3O5/c1-17(25(32)33-6)29-22(15-16-23(31)35-26(2,3)4)30-24(28-5)18-7-11-20(12-8-18)34-21-13-9-19(27)10-14-21/h7-15,17,29H,5,16H2,1-4,6H3/b22-15-,30-24?/t17-/m0/s1. The van der Waals surface area contributed by atoms with E-state index in [0.717, 1.165) is 0 Å².